The molecule has 0 amide bonds. The summed E-state index contributed by atoms with van der Waals surface area (Å²) in [5, 5.41) is 5.75. The van der Waals surface area contributed by atoms with Crippen molar-refractivity contribution in [2.75, 3.05) is 14.2 Å². The summed E-state index contributed by atoms with van der Waals surface area (Å²) >= 11 is 6.22. The van der Waals surface area contributed by atoms with Crippen LogP contribution >= 0.6 is 11.6 Å². The zero-order chi connectivity index (χ0) is 19.7. The Bertz CT molecular complexity index is 875. The average molecular weight is 390 g/mol. The molecule has 144 valence electrons. The monoisotopic (exact) mass is 389 g/mol. The van der Waals surface area contributed by atoms with Gasteiger partial charge in [0.05, 0.1) is 30.1 Å². The van der Waals surface area contributed by atoms with Crippen LogP contribution in [0.1, 0.15) is 46.3 Å². The van der Waals surface area contributed by atoms with Crippen LogP contribution in [0.15, 0.2) is 42.4 Å². The van der Waals surface area contributed by atoms with Gasteiger partial charge in [-0.25, -0.2) is 15.3 Å². The number of hydrogen-bond acceptors (Lipinski definition) is 6. The fourth-order valence-electron chi connectivity index (χ4n) is 3.29. The van der Waals surface area contributed by atoms with Gasteiger partial charge in [0.15, 0.2) is 0 Å². The van der Waals surface area contributed by atoms with E-state index in [0.29, 0.717) is 11.3 Å². The number of nitrogens with zero attached hydrogens (tertiary/aromatic N) is 3. The summed E-state index contributed by atoms with van der Waals surface area (Å²) < 4.78 is 6.72. The highest BCUT2D eigenvalue weighted by atomic mass is 35.5. The van der Waals surface area contributed by atoms with E-state index in [9.17, 15) is 4.79 Å². The summed E-state index contributed by atoms with van der Waals surface area (Å²) in [5.74, 6) is 5.41. The SMILES string of the molecule is COC(=O)c1cnn(-c2cccc(C(C)Cl)c2)c1[C@@H]1CC1/C(N)=C/N(C)N. The minimum absolute atomic E-state index is 0.0647. The van der Waals surface area contributed by atoms with Gasteiger partial charge in [0.1, 0.15) is 5.56 Å². The van der Waals surface area contributed by atoms with Gasteiger partial charge in [-0.15, -0.1) is 11.6 Å². The molecule has 1 fully saturated rings. The number of nitrogens with two attached hydrogens (primary N) is 2. The number of carbonyl (C=O) groups is 1. The van der Waals surface area contributed by atoms with Gasteiger partial charge in [0.2, 0.25) is 0 Å². The van der Waals surface area contributed by atoms with Gasteiger partial charge in [-0.1, -0.05) is 12.1 Å². The van der Waals surface area contributed by atoms with Crippen LogP contribution in [-0.4, -0.2) is 34.9 Å². The number of aromatic nitrogens is 2. The second-order valence-corrected chi connectivity index (χ2v) is 7.46. The van der Waals surface area contributed by atoms with Crippen molar-refractivity contribution in [2.24, 2.45) is 17.5 Å². The summed E-state index contributed by atoms with van der Waals surface area (Å²) in [6, 6.07) is 7.79. The van der Waals surface area contributed by atoms with Crippen molar-refractivity contribution in [1.29, 1.82) is 0 Å². The summed E-state index contributed by atoms with van der Waals surface area (Å²) in [6.45, 7) is 1.91. The molecular weight excluding hydrogens is 366 g/mol. The number of halogens is 1. The second kappa shape index (κ2) is 7.62. The van der Waals surface area contributed by atoms with E-state index in [1.165, 1.54) is 12.1 Å². The van der Waals surface area contributed by atoms with Crippen molar-refractivity contribution in [1.82, 2.24) is 14.8 Å². The molecule has 0 aliphatic heterocycles. The Hall–Kier alpha value is -2.51. The third kappa shape index (κ3) is 3.94. The fourth-order valence-corrected chi connectivity index (χ4v) is 3.42. The molecule has 0 spiro atoms. The normalized spacial score (nSPS) is 20.3. The number of alkyl halides is 1. The van der Waals surface area contributed by atoms with Crippen molar-refractivity contribution in [3.05, 3.63) is 59.2 Å². The lowest BCUT2D eigenvalue weighted by molar-refractivity contribution is 0.0599. The maximum atomic E-state index is 12.3. The quantitative estimate of drug-likeness (QED) is 0.341. The number of esters is 1. The van der Waals surface area contributed by atoms with Crippen molar-refractivity contribution in [3.63, 3.8) is 0 Å². The summed E-state index contributed by atoms with van der Waals surface area (Å²) in [4.78, 5) is 12.3. The number of allylic oxidation sites excluding steroid dienone is 1. The Morgan fingerprint density at radius 1 is 1.52 bits per heavy atom. The van der Waals surface area contributed by atoms with E-state index < -0.39 is 5.97 Å². The Morgan fingerprint density at radius 3 is 2.89 bits per heavy atom. The number of carbonyl (C=O) groups excluding carboxylic acids is 1. The molecule has 1 heterocycles. The molecule has 2 aromatic rings. The molecule has 1 aliphatic rings. The molecule has 1 aromatic heterocycles. The molecule has 3 rings (SSSR count). The lowest BCUT2D eigenvalue weighted by Crippen LogP contribution is -2.21. The number of hydrazine groups is 1. The van der Waals surface area contributed by atoms with Crippen molar-refractivity contribution in [3.8, 4) is 5.69 Å². The van der Waals surface area contributed by atoms with Crippen LogP contribution < -0.4 is 11.6 Å². The average Bonchev–Trinajstić information content (AvgIpc) is 3.31. The summed E-state index contributed by atoms with van der Waals surface area (Å²) in [6.07, 6.45) is 4.05. The van der Waals surface area contributed by atoms with Crippen LogP contribution in [0.25, 0.3) is 5.69 Å². The van der Waals surface area contributed by atoms with Gasteiger partial charge >= 0.3 is 5.97 Å². The Morgan fingerprint density at radius 2 is 2.26 bits per heavy atom. The molecule has 0 bridgehead atoms. The Kier molecular flexibility index (Phi) is 5.43. The van der Waals surface area contributed by atoms with Crippen molar-refractivity contribution < 1.29 is 9.53 Å². The lowest BCUT2D eigenvalue weighted by Gasteiger charge is -2.12. The highest BCUT2D eigenvalue weighted by Gasteiger charge is 2.45. The maximum Gasteiger partial charge on any atom is 0.341 e. The summed E-state index contributed by atoms with van der Waals surface area (Å²) in [7, 11) is 3.08. The first-order valence-electron chi connectivity index (χ1n) is 8.68. The molecule has 3 atom stereocenters. The second-order valence-electron chi connectivity index (χ2n) is 6.80. The Balaban J connectivity index is 2.03. The fraction of sp³-hybridized carbons (Fsp3) is 0.368. The first kappa shape index (κ1) is 19.3. The van der Waals surface area contributed by atoms with E-state index in [0.717, 1.165) is 23.4 Å². The zero-order valence-corrected chi connectivity index (χ0v) is 16.3. The molecule has 1 aliphatic carbocycles. The maximum absolute atomic E-state index is 12.3. The van der Waals surface area contributed by atoms with E-state index in [1.807, 2.05) is 31.2 Å². The van der Waals surface area contributed by atoms with Crippen LogP contribution in [0.2, 0.25) is 0 Å². The number of benzene rings is 1. The number of methoxy groups -OCH3 is 1. The first-order chi connectivity index (χ1) is 12.8. The van der Waals surface area contributed by atoms with Gasteiger partial charge in [-0.2, -0.15) is 5.10 Å². The zero-order valence-electron chi connectivity index (χ0n) is 15.6. The van der Waals surface area contributed by atoms with Crippen molar-refractivity contribution in [2.45, 2.75) is 24.6 Å². The molecule has 0 radical (unpaired) electrons. The molecule has 7 nitrogen and oxygen atoms in total. The molecular formula is C19H24ClN5O2. The van der Waals surface area contributed by atoms with Crippen LogP contribution in [0.3, 0.4) is 0 Å². The smallest absolute Gasteiger partial charge is 0.341 e. The van der Waals surface area contributed by atoms with Crippen LogP contribution in [0.4, 0.5) is 0 Å². The largest absolute Gasteiger partial charge is 0.465 e. The van der Waals surface area contributed by atoms with E-state index in [2.05, 4.69) is 5.10 Å². The third-order valence-corrected chi connectivity index (χ3v) is 4.96. The molecule has 1 saturated carbocycles. The first-order valence-corrected chi connectivity index (χ1v) is 9.12. The standard InChI is InChI=1S/C19H24ClN5O2/c1-11(20)12-5-4-6-13(7-12)25-18(16(9-23-25)19(26)27-3)15-8-14(15)17(21)10-24(2)22/h4-7,9-11,14-15H,8,21-22H2,1-3H3/b17-10-/t11?,14?,15-/m1/s1. The van der Waals surface area contributed by atoms with E-state index in [4.69, 9.17) is 27.9 Å². The van der Waals surface area contributed by atoms with Crippen LogP contribution in [0.5, 0.6) is 0 Å². The van der Waals surface area contributed by atoms with Crippen LogP contribution in [0, 0.1) is 5.92 Å². The molecule has 1 aromatic carbocycles. The molecule has 2 unspecified atom stereocenters. The number of hydrogen-bond donors (Lipinski definition) is 2. The van der Waals surface area contributed by atoms with Gasteiger partial charge in [-0.3, -0.25) is 0 Å². The lowest BCUT2D eigenvalue weighted by atomic mass is 10.1. The molecule has 4 N–H and O–H groups in total. The Labute approximate surface area is 163 Å². The molecule has 8 heteroatoms. The molecule has 0 saturated heterocycles. The van der Waals surface area contributed by atoms with Crippen LogP contribution in [-0.2, 0) is 4.74 Å². The van der Waals surface area contributed by atoms with Crippen molar-refractivity contribution >= 4 is 17.6 Å². The molecule has 27 heavy (non-hydrogen) atoms. The number of rotatable bonds is 6. The topological polar surface area (TPSA) is 99.4 Å². The van der Waals surface area contributed by atoms with Gasteiger partial charge in [0.25, 0.3) is 0 Å². The van der Waals surface area contributed by atoms with Gasteiger partial charge < -0.3 is 15.5 Å². The minimum atomic E-state index is -0.415. The predicted molar refractivity (Wildman–Crippen MR) is 104 cm³/mol. The highest BCUT2D eigenvalue weighted by Crippen LogP contribution is 2.51. The third-order valence-electron chi connectivity index (χ3n) is 4.71. The van der Waals surface area contributed by atoms with Gasteiger partial charge in [-0.05, 0) is 31.0 Å². The predicted octanol–water partition coefficient (Wildman–Crippen LogP) is 2.67. The highest BCUT2D eigenvalue weighted by molar-refractivity contribution is 6.20. The van der Waals surface area contributed by atoms with E-state index in [-0.39, 0.29) is 17.2 Å². The number of ether oxygens (including phenoxy) is 1. The van der Waals surface area contributed by atoms with E-state index >= 15 is 0 Å². The summed E-state index contributed by atoms with van der Waals surface area (Å²) in [5.41, 5.74) is 9.90. The van der Waals surface area contributed by atoms with E-state index in [1.54, 1.807) is 24.1 Å². The minimum Gasteiger partial charge on any atom is -0.465 e. The van der Waals surface area contributed by atoms with Gasteiger partial charge in [0, 0.05) is 30.8 Å².